The van der Waals surface area contributed by atoms with Crippen LogP contribution in [0.5, 0.6) is 11.5 Å². The maximum Gasteiger partial charge on any atom is 0.231 e. The average molecular weight is 352 g/mol. The highest BCUT2D eigenvalue weighted by molar-refractivity contribution is 9.10. The first kappa shape index (κ1) is 14.4. The lowest BCUT2D eigenvalue weighted by molar-refractivity contribution is 0.173. The first-order chi connectivity index (χ1) is 10.1. The molecule has 0 spiro atoms. The summed E-state index contributed by atoms with van der Waals surface area (Å²) in [6.07, 6.45) is 0. The van der Waals surface area contributed by atoms with Crippen LogP contribution in [0.1, 0.15) is 24.1 Å². The Labute approximate surface area is 131 Å². The number of rotatable bonds is 4. The van der Waals surface area contributed by atoms with E-state index in [-0.39, 0.29) is 18.7 Å². The summed E-state index contributed by atoms with van der Waals surface area (Å²) in [5, 5.41) is 3.38. The molecular weight excluding hydrogens is 337 g/mol. The molecule has 0 aromatic heterocycles. The number of hydrogen-bond acceptors (Lipinski definition) is 3. The highest BCUT2D eigenvalue weighted by Gasteiger charge is 2.18. The van der Waals surface area contributed by atoms with Gasteiger partial charge in [0.05, 0.1) is 4.47 Å². The van der Waals surface area contributed by atoms with Crippen molar-refractivity contribution < 1.29 is 13.9 Å². The van der Waals surface area contributed by atoms with Gasteiger partial charge in [0, 0.05) is 12.6 Å². The van der Waals surface area contributed by atoms with Gasteiger partial charge < -0.3 is 14.8 Å². The number of nitrogens with one attached hydrogen (secondary N) is 1. The van der Waals surface area contributed by atoms with Crippen LogP contribution in [0.2, 0.25) is 0 Å². The molecule has 1 N–H and O–H groups in total. The van der Waals surface area contributed by atoms with Crippen LogP contribution in [-0.2, 0) is 6.54 Å². The van der Waals surface area contributed by atoms with Crippen molar-refractivity contribution >= 4 is 15.9 Å². The quantitative estimate of drug-likeness (QED) is 0.896. The molecule has 0 saturated carbocycles. The van der Waals surface area contributed by atoms with E-state index in [4.69, 9.17) is 9.47 Å². The Morgan fingerprint density at radius 1 is 1.29 bits per heavy atom. The molecule has 0 amide bonds. The lowest BCUT2D eigenvalue weighted by Crippen LogP contribution is -2.18. The summed E-state index contributed by atoms with van der Waals surface area (Å²) in [6.45, 7) is 2.92. The lowest BCUT2D eigenvalue weighted by Gasteiger charge is -2.15. The largest absolute Gasteiger partial charge is 0.454 e. The second-order valence-electron chi connectivity index (χ2n) is 4.97. The minimum Gasteiger partial charge on any atom is -0.454 e. The molecule has 2 aromatic carbocycles. The van der Waals surface area contributed by atoms with Crippen molar-refractivity contribution in [3.05, 3.63) is 57.8 Å². The normalized spacial score (nSPS) is 14.2. The second kappa shape index (κ2) is 6.03. The van der Waals surface area contributed by atoms with Gasteiger partial charge in [-0.15, -0.1) is 0 Å². The molecule has 2 aromatic rings. The van der Waals surface area contributed by atoms with Crippen molar-refractivity contribution in [1.82, 2.24) is 5.32 Å². The van der Waals surface area contributed by atoms with E-state index < -0.39 is 0 Å². The van der Waals surface area contributed by atoms with Crippen LogP contribution in [0.4, 0.5) is 4.39 Å². The minimum absolute atomic E-state index is 0.0601. The van der Waals surface area contributed by atoms with Gasteiger partial charge in [0.1, 0.15) is 5.82 Å². The first-order valence-corrected chi connectivity index (χ1v) is 7.49. The maximum atomic E-state index is 13.2. The molecular formula is C16H15BrFNO2. The number of benzene rings is 2. The van der Waals surface area contributed by atoms with Gasteiger partial charge >= 0.3 is 0 Å². The Balaban J connectivity index is 1.69. The Bertz CT molecular complexity index is 663. The van der Waals surface area contributed by atoms with Gasteiger partial charge in [0.2, 0.25) is 6.79 Å². The predicted molar refractivity (Wildman–Crippen MR) is 81.9 cm³/mol. The third-order valence-corrected chi connectivity index (χ3v) is 4.04. The molecule has 0 unspecified atom stereocenters. The van der Waals surface area contributed by atoms with E-state index in [9.17, 15) is 4.39 Å². The lowest BCUT2D eigenvalue weighted by atomic mass is 10.1. The number of ether oxygens (including phenoxy) is 2. The Kier molecular flexibility index (Phi) is 4.12. The summed E-state index contributed by atoms with van der Waals surface area (Å²) in [6, 6.07) is 10.6. The zero-order valence-corrected chi connectivity index (χ0v) is 13.1. The van der Waals surface area contributed by atoms with Gasteiger partial charge in [0.25, 0.3) is 0 Å². The van der Waals surface area contributed by atoms with Gasteiger partial charge in [0.15, 0.2) is 11.5 Å². The number of halogens is 2. The summed E-state index contributed by atoms with van der Waals surface area (Å²) in [7, 11) is 0. The molecule has 0 aliphatic carbocycles. The van der Waals surface area contributed by atoms with Crippen molar-refractivity contribution in [2.24, 2.45) is 0 Å². The Morgan fingerprint density at radius 2 is 2.14 bits per heavy atom. The summed E-state index contributed by atoms with van der Waals surface area (Å²) in [4.78, 5) is 0. The van der Waals surface area contributed by atoms with Crippen LogP contribution in [-0.4, -0.2) is 6.79 Å². The fourth-order valence-corrected chi connectivity index (χ4v) is 2.89. The monoisotopic (exact) mass is 351 g/mol. The van der Waals surface area contributed by atoms with Gasteiger partial charge in [-0.3, -0.25) is 0 Å². The summed E-state index contributed by atoms with van der Waals surface area (Å²) < 4.78 is 24.9. The van der Waals surface area contributed by atoms with Crippen molar-refractivity contribution in [3.8, 4) is 11.5 Å². The first-order valence-electron chi connectivity index (χ1n) is 6.70. The Hall–Kier alpha value is -1.59. The Morgan fingerprint density at radius 3 is 2.95 bits per heavy atom. The third kappa shape index (κ3) is 3.19. The summed E-state index contributed by atoms with van der Waals surface area (Å²) in [5.74, 6) is 1.28. The van der Waals surface area contributed by atoms with E-state index in [1.807, 2.05) is 25.1 Å². The van der Waals surface area contributed by atoms with Gasteiger partial charge in [-0.2, -0.15) is 0 Å². The molecule has 1 heterocycles. The maximum absolute atomic E-state index is 13.2. The molecule has 21 heavy (non-hydrogen) atoms. The van der Waals surface area contributed by atoms with E-state index in [1.54, 1.807) is 12.1 Å². The van der Waals surface area contributed by atoms with Crippen LogP contribution in [0, 0.1) is 5.82 Å². The van der Waals surface area contributed by atoms with Gasteiger partial charge in [-0.05, 0) is 58.2 Å². The van der Waals surface area contributed by atoms with Crippen LogP contribution in [0.3, 0.4) is 0 Å². The summed E-state index contributed by atoms with van der Waals surface area (Å²) in [5.41, 5.74) is 2.00. The fraction of sp³-hybridized carbons (Fsp3) is 0.250. The van der Waals surface area contributed by atoms with Gasteiger partial charge in [-0.1, -0.05) is 12.1 Å². The van der Waals surface area contributed by atoms with Crippen LogP contribution in [0.15, 0.2) is 40.9 Å². The number of hydrogen-bond donors (Lipinski definition) is 1. The molecule has 3 rings (SSSR count). The van der Waals surface area contributed by atoms with Crippen LogP contribution in [0.25, 0.3) is 0 Å². The molecule has 1 aliphatic heterocycles. The van der Waals surface area contributed by atoms with Crippen molar-refractivity contribution in [1.29, 1.82) is 0 Å². The van der Waals surface area contributed by atoms with Crippen molar-refractivity contribution in [2.45, 2.75) is 19.5 Å². The van der Waals surface area contributed by atoms with Crippen LogP contribution < -0.4 is 14.8 Å². The van der Waals surface area contributed by atoms with Crippen molar-refractivity contribution in [3.63, 3.8) is 0 Å². The highest BCUT2D eigenvalue weighted by Crippen LogP contribution is 2.40. The van der Waals surface area contributed by atoms with E-state index in [1.165, 1.54) is 6.07 Å². The molecule has 1 aliphatic rings. The summed E-state index contributed by atoms with van der Waals surface area (Å²) >= 11 is 3.48. The molecule has 0 bridgehead atoms. The molecule has 0 saturated heterocycles. The number of fused-ring (bicyclic) bond motifs is 1. The zero-order valence-electron chi connectivity index (χ0n) is 11.5. The molecule has 1 atom stereocenters. The molecule has 0 radical (unpaired) electrons. The van der Waals surface area contributed by atoms with E-state index in [0.29, 0.717) is 6.54 Å². The van der Waals surface area contributed by atoms with E-state index >= 15 is 0 Å². The third-order valence-electron chi connectivity index (χ3n) is 3.45. The predicted octanol–water partition coefficient (Wildman–Crippen LogP) is 4.17. The minimum atomic E-state index is -0.216. The fourth-order valence-electron chi connectivity index (χ4n) is 2.29. The van der Waals surface area contributed by atoms with E-state index in [2.05, 4.69) is 21.2 Å². The average Bonchev–Trinajstić information content (AvgIpc) is 2.93. The molecule has 5 heteroatoms. The smallest absolute Gasteiger partial charge is 0.231 e. The van der Waals surface area contributed by atoms with Crippen molar-refractivity contribution in [2.75, 3.05) is 6.79 Å². The van der Waals surface area contributed by atoms with Crippen LogP contribution >= 0.6 is 15.9 Å². The molecule has 3 nitrogen and oxygen atoms in total. The zero-order chi connectivity index (χ0) is 14.8. The topological polar surface area (TPSA) is 30.5 Å². The molecule has 110 valence electrons. The standard InChI is InChI=1S/C16H15BrFNO2/c1-10(12-3-2-4-13(18)7-12)19-8-11-5-14(17)16-15(6-11)20-9-21-16/h2-7,10,19H,8-9H2,1H3/t10-/m0/s1. The SMILES string of the molecule is C[C@H](NCc1cc(Br)c2c(c1)OCO2)c1cccc(F)c1. The highest BCUT2D eigenvalue weighted by atomic mass is 79.9. The molecule has 0 fully saturated rings. The van der Waals surface area contributed by atoms with Gasteiger partial charge in [-0.25, -0.2) is 4.39 Å². The van der Waals surface area contributed by atoms with E-state index in [0.717, 1.165) is 27.1 Å². The second-order valence-corrected chi connectivity index (χ2v) is 5.82.